The second-order valence-corrected chi connectivity index (χ2v) is 7.97. The quantitative estimate of drug-likeness (QED) is 0.416. The van der Waals surface area contributed by atoms with E-state index >= 15 is 0 Å². The van der Waals surface area contributed by atoms with Crippen LogP contribution in [0.5, 0.6) is 5.75 Å². The van der Waals surface area contributed by atoms with Crippen LogP contribution in [0.15, 0.2) is 54.7 Å². The number of pyridine rings is 1. The fourth-order valence-electron chi connectivity index (χ4n) is 3.64. The largest absolute Gasteiger partial charge is 0.497 e. The molecule has 2 amide bonds. The summed E-state index contributed by atoms with van der Waals surface area (Å²) in [4.78, 5) is 30.8. The lowest BCUT2D eigenvalue weighted by atomic mass is 10.1. The fraction of sp³-hybridized carbons (Fsp3) is 0.292. The third-order valence-corrected chi connectivity index (χ3v) is 5.45. The van der Waals surface area contributed by atoms with Gasteiger partial charge in [0.05, 0.1) is 13.0 Å². The number of benzene rings is 1. The molecule has 1 aliphatic rings. The number of hydrogen-bond donors (Lipinski definition) is 3. The van der Waals surface area contributed by atoms with Gasteiger partial charge < -0.3 is 25.6 Å². The first-order chi connectivity index (χ1) is 16.5. The van der Waals surface area contributed by atoms with Crippen molar-refractivity contribution in [1.29, 1.82) is 0 Å². The molecule has 10 heteroatoms. The molecule has 0 saturated carbocycles. The molecule has 34 heavy (non-hydrogen) atoms. The van der Waals surface area contributed by atoms with Gasteiger partial charge in [0.15, 0.2) is 5.82 Å². The predicted molar refractivity (Wildman–Crippen MR) is 129 cm³/mol. The van der Waals surface area contributed by atoms with Crippen molar-refractivity contribution in [1.82, 2.24) is 20.5 Å². The second kappa shape index (κ2) is 10.6. The molecular formula is C24H27N7O3. The maximum Gasteiger partial charge on any atom is 0.227 e. The number of hydrogen-bond acceptors (Lipinski definition) is 8. The Morgan fingerprint density at radius 3 is 2.53 bits per heavy atom. The van der Waals surface area contributed by atoms with Crippen LogP contribution in [-0.2, 0) is 9.59 Å². The lowest BCUT2D eigenvalue weighted by Gasteiger charge is -2.17. The molecule has 1 fully saturated rings. The van der Waals surface area contributed by atoms with E-state index in [1.807, 2.05) is 31.2 Å². The molecule has 176 valence electrons. The van der Waals surface area contributed by atoms with Gasteiger partial charge in [-0.2, -0.15) is 0 Å². The lowest BCUT2D eigenvalue weighted by molar-refractivity contribution is -0.126. The molecule has 1 atom stereocenters. The zero-order valence-electron chi connectivity index (χ0n) is 19.1. The van der Waals surface area contributed by atoms with E-state index < -0.39 is 0 Å². The number of ether oxygens (including phenoxy) is 1. The first-order valence-corrected chi connectivity index (χ1v) is 11.0. The summed E-state index contributed by atoms with van der Waals surface area (Å²) in [5.41, 5.74) is 1.86. The van der Waals surface area contributed by atoms with Crippen LogP contribution in [0, 0.1) is 12.8 Å². The van der Waals surface area contributed by atoms with E-state index in [0.717, 1.165) is 17.0 Å². The third kappa shape index (κ3) is 5.77. The van der Waals surface area contributed by atoms with E-state index in [0.29, 0.717) is 37.1 Å². The van der Waals surface area contributed by atoms with Gasteiger partial charge >= 0.3 is 0 Å². The topological polar surface area (TPSA) is 121 Å². The maximum atomic E-state index is 12.5. The van der Waals surface area contributed by atoms with Gasteiger partial charge in [-0.1, -0.05) is 0 Å². The number of nitrogens with zero attached hydrogens (tertiary/aromatic N) is 4. The molecule has 0 bridgehead atoms. The Morgan fingerprint density at radius 2 is 1.82 bits per heavy atom. The average Bonchev–Trinajstić information content (AvgIpc) is 3.24. The second-order valence-electron chi connectivity index (χ2n) is 7.97. The number of methoxy groups -OCH3 is 1. The third-order valence-electron chi connectivity index (χ3n) is 5.45. The number of aryl methyl sites for hydroxylation is 1. The first-order valence-electron chi connectivity index (χ1n) is 11.0. The number of aromatic nitrogens is 3. The number of rotatable bonds is 9. The number of anilines is 4. The highest BCUT2D eigenvalue weighted by Gasteiger charge is 2.34. The van der Waals surface area contributed by atoms with Gasteiger partial charge in [-0.05, 0) is 61.0 Å². The zero-order valence-corrected chi connectivity index (χ0v) is 19.1. The molecule has 2 aromatic heterocycles. The summed E-state index contributed by atoms with van der Waals surface area (Å²) in [6.45, 7) is 3.24. The van der Waals surface area contributed by atoms with Gasteiger partial charge in [0.2, 0.25) is 11.8 Å². The van der Waals surface area contributed by atoms with E-state index in [1.54, 1.807) is 42.5 Å². The summed E-state index contributed by atoms with van der Waals surface area (Å²) in [5, 5.41) is 17.4. The lowest BCUT2D eigenvalue weighted by Crippen LogP contribution is -2.35. The Kier molecular flexibility index (Phi) is 7.16. The van der Waals surface area contributed by atoms with Crippen molar-refractivity contribution in [2.45, 2.75) is 13.3 Å². The molecule has 3 heterocycles. The summed E-state index contributed by atoms with van der Waals surface area (Å²) in [6, 6.07) is 14.7. The van der Waals surface area contributed by atoms with Gasteiger partial charge in [-0.25, -0.2) is 4.98 Å². The molecule has 0 unspecified atom stereocenters. The van der Waals surface area contributed by atoms with Crippen LogP contribution in [0.25, 0.3) is 0 Å². The van der Waals surface area contributed by atoms with E-state index in [1.165, 1.54) is 0 Å². The Bertz CT molecular complexity index is 1140. The zero-order chi connectivity index (χ0) is 23.9. The molecule has 3 N–H and O–H groups in total. The minimum Gasteiger partial charge on any atom is -0.497 e. The minimum atomic E-state index is -0.380. The first kappa shape index (κ1) is 23.0. The van der Waals surface area contributed by atoms with Gasteiger partial charge in [0.1, 0.15) is 17.4 Å². The van der Waals surface area contributed by atoms with E-state index in [9.17, 15) is 9.59 Å². The molecule has 1 aromatic carbocycles. The highest BCUT2D eigenvalue weighted by atomic mass is 16.5. The van der Waals surface area contributed by atoms with Crippen LogP contribution >= 0.6 is 0 Å². The van der Waals surface area contributed by atoms with Crippen molar-refractivity contribution in [2.24, 2.45) is 5.92 Å². The van der Waals surface area contributed by atoms with Crippen LogP contribution in [0.3, 0.4) is 0 Å². The summed E-state index contributed by atoms with van der Waals surface area (Å²) in [5.74, 6) is 2.03. The number of carbonyl (C=O) groups is 2. The van der Waals surface area contributed by atoms with Crippen molar-refractivity contribution in [3.63, 3.8) is 0 Å². The number of nitrogens with one attached hydrogen (secondary N) is 3. The van der Waals surface area contributed by atoms with Crippen LogP contribution in [-0.4, -0.2) is 53.7 Å². The molecule has 3 aromatic rings. The highest BCUT2D eigenvalue weighted by molar-refractivity contribution is 6.00. The summed E-state index contributed by atoms with van der Waals surface area (Å²) in [7, 11) is 1.59. The number of amides is 2. The monoisotopic (exact) mass is 461 g/mol. The van der Waals surface area contributed by atoms with Gasteiger partial charge in [-0.3, -0.25) is 9.59 Å². The number of carbonyl (C=O) groups excluding carboxylic acids is 2. The maximum absolute atomic E-state index is 12.5. The summed E-state index contributed by atoms with van der Waals surface area (Å²) < 4.78 is 5.15. The van der Waals surface area contributed by atoms with Crippen molar-refractivity contribution in [3.05, 3.63) is 60.3 Å². The van der Waals surface area contributed by atoms with Crippen LogP contribution in [0.2, 0.25) is 0 Å². The van der Waals surface area contributed by atoms with E-state index in [-0.39, 0.29) is 24.2 Å². The Balaban J connectivity index is 1.20. The smallest absolute Gasteiger partial charge is 0.227 e. The normalized spacial score (nSPS) is 15.2. The molecule has 1 aliphatic heterocycles. The van der Waals surface area contributed by atoms with Crippen LogP contribution < -0.4 is 25.6 Å². The van der Waals surface area contributed by atoms with Gasteiger partial charge in [0.25, 0.3) is 0 Å². The molecule has 0 aliphatic carbocycles. The van der Waals surface area contributed by atoms with Crippen molar-refractivity contribution < 1.29 is 14.3 Å². The minimum absolute atomic E-state index is 0.0618. The SMILES string of the molecule is COc1ccc(N2C[C@@H](C(=O)NCCNc3ccc(Nc4cc(C)ccn4)nn3)CC2=O)cc1. The summed E-state index contributed by atoms with van der Waals surface area (Å²) in [6.07, 6.45) is 1.93. The van der Waals surface area contributed by atoms with Gasteiger partial charge in [0, 0.05) is 37.9 Å². The standard InChI is InChI=1S/C24H27N7O3/c1-16-9-10-25-22(13-16)28-21-8-7-20(29-30-21)26-11-12-27-24(33)17-14-23(32)31(15-17)18-3-5-19(34-2)6-4-18/h3-10,13,17H,11-12,14-15H2,1-2H3,(H,26,29)(H,27,33)(H,25,28,30)/t17-/m0/s1. The summed E-state index contributed by atoms with van der Waals surface area (Å²) >= 11 is 0. The van der Waals surface area contributed by atoms with Crippen molar-refractivity contribution >= 4 is 35.0 Å². The molecule has 0 radical (unpaired) electrons. The van der Waals surface area contributed by atoms with Crippen molar-refractivity contribution in [2.75, 3.05) is 42.3 Å². The molecule has 0 spiro atoms. The fourth-order valence-corrected chi connectivity index (χ4v) is 3.64. The van der Waals surface area contributed by atoms with E-state index in [2.05, 4.69) is 31.1 Å². The molecule has 1 saturated heterocycles. The Morgan fingerprint density at radius 1 is 1.06 bits per heavy atom. The van der Waals surface area contributed by atoms with Crippen molar-refractivity contribution in [3.8, 4) is 5.75 Å². The molecular weight excluding hydrogens is 434 g/mol. The van der Waals surface area contributed by atoms with Crippen LogP contribution in [0.4, 0.5) is 23.1 Å². The Hall–Kier alpha value is -4.21. The van der Waals surface area contributed by atoms with E-state index in [4.69, 9.17) is 4.74 Å². The average molecular weight is 462 g/mol. The van der Waals surface area contributed by atoms with Gasteiger partial charge in [-0.15, -0.1) is 10.2 Å². The highest BCUT2D eigenvalue weighted by Crippen LogP contribution is 2.26. The molecule has 10 nitrogen and oxygen atoms in total. The van der Waals surface area contributed by atoms with Crippen LogP contribution in [0.1, 0.15) is 12.0 Å². The Labute approximate surface area is 197 Å². The molecule has 4 rings (SSSR count). The predicted octanol–water partition coefficient (Wildman–Crippen LogP) is 2.51.